The SMILES string of the molecule is Cc1nc(NCC(C)(C)C(=O)O)cc(NC2CC2)n1. The first-order valence-corrected chi connectivity index (χ1v) is 6.46. The summed E-state index contributed by atoms with van der Waals surface area (Å²) in [6.45, 7) is 5.51. The molecule has 104 valence electrons. The fraction of sp³-hybridized carbons (Fsp3) is 0.615. The molecule has 0 aromatic carbocycles. The number of carboxylic acid groups (broad SMARTS) is 1. The lowest BCUT2D eigenvalue weighted by molar-refractivity contribution is -0.146. The molecule has 3 N–H and O–H groups in total. The maximum atomic E-state index is 11.0. The van der Waals surface area contributed by atoms with Crippen LogP contribution in [-0.4, -0.2) is 33.6 Å². The summed E-state index contributed by atoms with van der Waals surface area (Å²) in [5.41, 5.74) is -0.830. The lowest BCUT2D eigenvalue weighted by Crippen LogP contribution is -2.32. The molecule has 1 aliphatic carbocycles. The first kappa shape index (κ1) is 13.6. The van der Waals surface area contributed by atoms with E-state index in [0.717, 1.165) is 5.82 Å². The van der Waals surface area contributed by atoms with Crippen molar-refractivity contribution >= 4 is 17.6 Å². The number of nitrogens with zero attached hydrogens (tertiary/aromatic N) is 2. The van der Waals surface area contributed by atoms with Crippen LogP contribution in [0.2, 0.25) is 0 Å². The van der Waals surface area contributed by atoms with Crippen LogP contribution in [0, 0.1) is 12.3 Å². The Kier molecular flexibility index (Phi) is 3.59. The first-order valence-electron chi connectivity index (χ1n) is 6.46. The van der Waals surface area contributed by atoms with Crippen molar-refractivity contribution in [3.63, 3.8) is 0 Å². The largest absolute Gasteiger partial charge is 0.481 e. The van der Waals surface area contributed by atoms with Gasteiger partial charge in [-0.3, -0.25) is 4.79 Å². The number of nitrogens with one attached hydrogen (secondary N) is 2. The lowest BCUT2D eigenvalue weighted by Gasteiger charge is -2.20. The summed E-state index contributed by atoms with van der Waals surface area (Å²) in [5.74, 6) is 1.29. The Hall–Kier alpha value is -1.85. The molecular weight excluding hydrogens is 244 g/mol. The predicted octanol–water partition coefficient (Wildman–Crippen LogP) is 1.88. The van der Waals surface area contributed by atoms with Gasteiger partial charge in [0.05, 0.1) is 5.41 Å². The van der Waals surface area contributed by atoms with Crippen molar-refractivity contribution in [2.24, 2.45) is 5.41 Å². The van der Waals surface area contributed by atoms with E-state index >= 15 is 0 Å². The molecule has 0 amide bonds. The van der Waals surface area contributed by atoms with Crippen molar-refractivity contribution < 1.29 is 9.90 Å². The lowest BCUT2D eigenvalue weighted by atomic mass is 9.94. The maximum absolute atomic E-state index is 11.0. The second-order valence-electron chi connectivity index (χ2n) is 5.65. The van der Waals surface area contributed by atoms with Gasteiger partial charge in [0.1, 0.15) is 17.5 Å². The molecule has 0 aliphatic heterocycles. The molecule has 1 heterocycles. The summed E-state index contributed by atoms with van der Waals surface area (Å²) in [7, 11) is 0. The summed E-state index contributed by atoms with van der Waals surface area (Å²) in [6.07, 6.45) is 2.36. The molecule has 0 saturated heterocycles. The van der Waals surface area contributed by atoms with Gasteiger partial charge in [-0.1, -0.05) is 0 Å². The molecule has 1 fully saturated rings. The van der Waals surface area contributed by atoms with Crippen LogP contribution in [0.15, 0.2) is 6.07 Å². The normalized spacial score (nSPS) is 15.1. The average Bonchev–Trinajstić information content (AvgIpc) is 3.09. The Bertz CT molecular complexity index is 484. The molecule has 19 heavy (non-hydrogen) atoms. The van der Waals surface area contributed by atoms with Gasteiger partial charge in [-0.15, -0.1) is 0 Å². The van der Waals surface area contributed by atoms with E-state index in [2.05, 4.69) is 20.6 Å². The summed E-state index contributed by atoms with van der Waals surface area (Å²) < 4.78 is 0. The van der Waals surface area contributed by atoms with Crippen LogP contribution in [0.5, 0.6) is 0 Å². The molecule has 0 spiro atoms. The fourth-order valence-corrected chi connectivity index (χ4v) is 1.56. The quantitative estimate of drug-likeness (QED) is 0.727. The van der Waals surface area contributed by atoms with Crippen molar-refractivity contribution in [1.82, 2.24) is 9.97 Å². The molecule has 1 saturated carbocycles. The Morgan fingerprint density at radius 3 is 2.63 bits per heavy atom. The minimum absolute atomic E-state index is 0.321. The smallest absolute Gasteiger partial charge is 0.310 e. The molecule has 6 heteroatoms. The van der Waals surface area contributed by atoms with Gasteiger partial charge in [0.2, 0.25) is 0 Å². The Morgan fingerprint density at radius 1 is 1.42 bits per heavy atom. The highest BCUT2D eigenvalue weighted by atomic mass is 16.4. The standard InChI is InChI=1S/C13H20N4O2/c1-8-15-10(14-7-13(2,3)12(18)19)6-11(16-8)17-9-4-5-9/h6,9H,4-5,7H2,1-3H3,(H,18,19)(H2,14,15,16,17). The third kappa shape index (κ3) is 3.81. The second-order valence-corrected chi connectivity index (χ2v) is 5.65. The van der Waals surface area contributed by atoms with Gasteiger partial charge >= 0.3 is 5.97 Å². The van der Waals surface area contributed by atoms with E-state index < -0.39 is 11.4 Å². The van der Waals surface area contributed by atoms with Gasteiger partial charge in [0.15, 0.2) is 0 Å². The first-order chi connectivity index (χ1) is 8.87. The molecule has 0 bridgehead atoms. The van der Waals surface area contributed by atoms with Crippen molar-refractivity contribution in [2.75, 3.05) is 17.2 Å². The van der Waals surface area contributed by atoms with Crippen LogP contribution in [0.1, 0.15) is 32.5 Å². The van der Waals surface area contributed by atoms with Crippen molar-refractivity contribution in [3.05, 3.63) is 11.9 Å². The number of hydrogen-bond donors (Lipinski definition) is 3. The van der Waals surface area contributed by atoms with Gasteiger partial charge in [-0.2, -0.15) is 0 Å². The highest BCUT2D eigenvalue weighted by Gasteiger charge is 2.27. The van der Waals surface area contributed by atoms with Crippen molar-refractivity contribution in [1.29, 1.82) is 0 Å². The summed E-state index contributed by atoms with van der Waals surface area (Å²) in [6, 6.07) is 2.35. The van der Waals surface area contributed by atoms with E-state index in [4.69, 9.17) is 5.11 Å². The van der Waals surface area contributed by atoms with Crippen LogP contribution in [0.25, 0.3) is 0 Å². The third-order valence-electron chi connectivity index (χ3n) is 3.06. The highest BCUT2D eigenvalue weighted by molar-refractivity contribution is 5.74. The number of aryl methyl sites for hydroxylation is 1. The van der Waals surface area contributed by atoms with Gasteiger partial charge in [0, 0.05) is 18.7 Å². The molecule has 0 unspecified atom stereocenters. The van der Waals surface area contributed by atoms with Crippen LogP contribution in [0.3, 0.4) is 0 Å². The number of anilines is 2. The van der Waals surface area contributed by atoms with Crippen LogP contribution < -0.4 is 10.6 Å². The van der Waals surface area contributed by atoms with Crippen LogP contribution in [0.4, 0.5) is 11.6 Å². The van der Waals surface area contributed by atoms with Gasteiger partial charge in [-0.05, 0) is 33.6 Å². The fourth-order valence-electron chi connectivity index (χ4n) is 1.56. The van der Waals surface area contributed by atoms with Crippen molar-refractivity contribution in [3.8, 4) is 0 Å². The van der Waals surface area contributed by atoms with E-state index in [0.29, 0.717) is 24.2 Å². The zero-order valence-electron chi connectivity index (χ0n) is 11.5. The summed E-state index contributed by atoms with van der Waals surface area (Å²) in [5, 5.41) is 15.4. The number of aliphatic carboxylic acids is 1. The molecule has 1 aliphatic rings. The summed E-state index contributed by atoms with van der Waals surface area (Å²) in [4.78, 5) is 19.6. The highest BCUT2D eigenvalue weighted by Crippen LogP contribution is 2.25. The molecule has 0 radical (unpaired) electrons. The van der Waals surface area contributed by atoms with Gasteiger partial charge < -0.3 is 15.7 Å². The Morgan fingerprint density at radius 2 is 2.05 bits per heavy atom. The molecule has 2 rings (SSSR count). The number of carboxylic acids is 1. The molecule has 6 nitrogen and oxygen atoms in total. The Balaban J connectivity index is 2.03. The zero-order chi connectivity index (χ0) is 14.0. The number of hydrogen-bond acceptors (Lipinski definition) is 5. The summed E-state index contributed by atoms with van der Waals surface area (Å²) >= 11 is 0. The van der Waals surface area contributed by atoms with Gasteiger partial charge in [-0.25, -0.2) is 9.97 Å². The second kappa shape index (κ2) is 5.03. The number of aromatic nitrogens is 2. The molecule has 0 atom stereocenters. The number of rotatable bonds is 6. The van der Waals surface area contributed by atoms with E-state index in [1.807, 2.05) is 13.0 Å². The van der Waals surface area contributed by atoms with Crippen LogP contribution in [-0.2, 0) is 4.79 Å². The van der Waals surface area contributed by atoms with Crippen LogP contribution >= 0.6 is 0 Å². The van der Waals surface area contributed by atoms with E-state index in [-0.39, 0.29) is 0 Å². The molecular formula is C13H20N4O2. The van der Waals surface area contributed by atoms with E-state index in [1.165, 1.54) is 12.8 Å². The molecule has 1 aromatic heterocycles. The minimum atomic E-state index is -0.831. The van der Waals surface area contributed by atoms with Crippen molar-refractivity contribution in [2.45, 2.75) is 39.7 Å². The predicted molar refractivity (Wildman–Crippen MR) is 73.3 cm³/mol. The average molecular weight is 264 g/mol. The topological polar surface area (TPSA) is 87.1 Å². The van der Waals surface area contributed by atoms with E-state index in [1.54, 1.807) is 13.8 Å². The number of carbonyl (C=O) groups is 1. The van der Waals surface area contributed by atoms with E-state index in [9.17, 15) is 4.79 Å². The third-order valence-corrected chi connectivity index (χ3v) is 3.06. The minimum Gasteiger partial charge on any atom is -0.481 e. The zero-order valence-corrected chi connectivity index (χ0v) is 11.5. The molecule has 1 aromatic rings. The maximum Gasteiger partial charge on any atom is 0.310 e. The monoisotopic (exact) mass is 264 g/mol. The Labute approximate surface area is 112 Å². The van der Waals surface area contributed by atoms with Gasteiger partial charge in [0.25, 0.3) is 0 Å².